The highest BCUT2D eigenvalue weighted by atomic mass is 32.2. The monoisotopic (exact) mass is 322 g/mol. The third-order valence-corrected chi connectivity index (χ3v) is 4.22. The SMILES string of the molecule is CCC[n+]1ccc(-c2cc[n+](CCCS(=O)(=O)O)cc2)cc1. The number of hydrogen-bond donors (Lipinski definition) is 1. The molecule has 0 aliphatic carbocycles. The van der Waals surface area contributed by atoms with Crippen LogP contribution in [0.2, 0.25) is 0 Å². The molecular formula is C16H22N2O3S+2. The lowest BCUT2D eigenvalue weighted by atomic mass is 10.1. The van der Waals surface area contributed by atoms with Crippen LogP contribution in [-0.2, 0) is 23.2 Å². The predicted molar refractivity (Wildman–Crippen MR) is 83.6 cm³/mol. The minimum Gasteiger partial charge on any atom is -0.286 e. The van der Waals surface area contributed by atoms with Crippen LogP contribution in [0.15, 0.2) is 49.1 Å². The van der Waals surface area contributed by atoms with E-state index in [9.17, 15) is 8.42 Å². The van der Waals surface area contributed by atoms with E-state index in [2.05, 4.69) is 36.0 Å². The van der Waals surface area contributed by atoms with Gasteiger partial charge in [-0.25, -0.2) is 9.13 Å². The maximum Gasteiger partial charge on any atom is 0.265 e. The summed E-state index contributed by atoms with van der Waals surface area (Å²) in [6, 6.07) is 8.20. The molecule has 0 unspecified atom stereocenters. The van der Waals surface area contributed by atoms with Gasteiger partial charge < -0.3 is 0 Å². The Balaban J connectivity index is 1.99. The van der Waals surface area contributed by atoms with Crippen molar-refractivity contribution in [2.24, 2.45) is 0 Å². The molecule has 0 aliphatic rings. The van der Waals surface area contributed by atoms with E-state index in [1.807, 2.05) is 29.1 Å². The first-order valence-electron chi connectivity index (χ1n) is 7.41. The molecule has 22 heavy (non-hydrogen) atoms. The van der Waals surface area contributed by atoms with E-state index < -0.39 is 10.1 Å². The zero-order valence-corrected chi connectivity index (χ0v) is 13.5. The van der Waals surface area contributed by atoms with Crippen molar-refractivity contribution < 1.29 is 22.1 Å². The third kappa shape index (κ3) is 5.20. The minimum absolute atomic E-state index is 0.210. The summed E-state index contributed by atoms with van der Waals surface area (Å²) >= 11 is 0. The molecule has 2 rings (SSSR count). The van der Waals surface area contributed by atoms with Crippen molar-refractivity contribution in [3.05, 3.63) is 49.1 Å². The predicted octanol–water partition coefficient (Wildman–Crippen LogP) is 1.62. The molecule has 2 aromatic rings. The Morgan fingerprint density at radius 1 is 0.909 bits per heavy atom. The molecule has 0 aromatic carbocycles. The summed E-state index contributed by atoms with van der Waals surface area (Å²) in [5.41, 5.74) is 2.27. The van der Waals surface area contributed by atoms with Crippen LogP contribution in [0.1, 0.15) is 19.8 Å². The van der Waals surface area contributed by atoms with Gasteiger partial charge in [-0.15, -0.1) is 0 Å². The van der Waals surface area contributed by atoms with Crippen molar-refractivity contribution in [2.45, 2.75) is 32.9 Å². The van der Waals surface area contributed by atoms with Crippen LogP contribution in [-0.4, -0.2) is 18.7 Å². The molecule has 0 saturated heterocycles. The Kier molecular flexibility index (Phi) is 5.63. The van der Waals surface area contributed by atoms with Crippen LogP contribution in [0, 0.1) is 0 Å². The average Bonchev–Trinajstić information content (AvgIpc) is 2.48. The van der Waals surface area contributed by atoms with E-state index >= 15 is 0 Å². The van der Waals surface area contributed by atoms with Crippen molar-refractivity contribution in [3.63, 3.8) is 0 Å². The van der Waals surface area contributed by atoms with Crippen molar-refractivity contribution >= 4 is 10.1 Å². The second-order valence-corrected chi connectivity index (χ2v) is 6.86. The van der Waals surface area contributed by atoms with Gasteiger partial charge in [-0.1, -0.05) is 6.92 Å². The number of rotatable bonds is 7. The van der Waals surface area contributed by atoms with Gasteiger partial charge in [-0.3, -0.25) is 4.55 Å². The quantitative estimate of drug-likeness (QED) is 0.622. The molecule has 0 radical (unpaired) electrons. The van der Waals surface area contributed by atoms with E-state index in [0.29, 0.717) is 13.0 Å². The molecule has 0 amide bonds. The number of hydrogen-bond acceptors (Lipinski definition) is 2. The molecule has 0 atom stereocenters. The molecule has 5 nitrogen and oxygen atoms in total. The Morgan fingerprint density at radius 2 is 1.36 bits per heavy atom. The number of pyridine rings is 2. The van der Waals surface area contributed by atoms with Crippen molar-refractivity contribution in [1.82, 2.24) is 0 Å². The fraction of sp³-hybridized carbons (Fsp3) is 0.375. The van der Waals surface area contributed by atoms with Crippen molar-refractivity contribution in [3.8, 4) is 11.1 Å². The van der Waals surface area contributed by atoms with Crippen molar-refractivity contribution in [2.75, 3.05) is 5.75 Å². The number of nitrogens with zero attached hydrogens (tertiary/aromatic N) is 2. The largest absolute Gasteiger partial charge is 0.286 e. The zero-order chi connectivity index (χ0) is 16.0. The lowest BCUT2D eigenvalue weighted by Crippen LogP contribution is -2.33. The van der Waals surface area contributed by atoms with Crippen LogP contribution >= 0.6 is 0 Å². The first kappa shape index (κ1) is 16.6. The van der Waals surface area contributed by atoms with Gasteiger partial charge in [-0.2, -0.15) is 8.42 Å². The summed E-state index contributed by atoms with van der Waals surface area (Å²) in [5, 5.41) is 0. The third-order valence-electron chi connectivity index (χ3n) is 3.42. The Morgan fingerprint density at radius 3 is 1.77 bits per heavy atom. The summed E-state index contributed by atoms with van der Waals surface area (Å²) in [6.45, 7) is 3.73. The summed E-state index contributed by atoms with van der Waals surface area (Å²) in [7, 11) is -3.87. The fourth-order valence-corrected chi connectivity index (χ4v) is 2.78. The summed E-state index contributed by atoms with van der Waals surface area (Å²) in [4.78, 5) is 0. The molecule has 0 saturated carbocycles. The first-order chi connectivity index (χ1) is 10.5. The molecule has 2 heterocycles. The summed E-state index contributed by atoms with van der Waals surface area (Å²) in [6.07, 6.45) is 9.50. The summed E-state index contributed by atoms with van der Waals surface area (Å²) in [5.74, 6) is -0.210. The molecule has 1 N–H and O–H groups in total. The normalized spacial score (nSPS) is 11.5. The lowest BCUT2D eigenvalue weighted by molar-refractivity contribution is -0.697. The molecule has 6 heteroatoms. The highest BCUT2D eigenvalue weighted by molar-refractivity contribution is 7.85. The standard InChI is InChI=1S/C16H21N2O3S/c1-2-8-17-10-4-15(5-11-17)16-6-12-18(13-7-16)9-3-14-22(19,20)21/h4-7,10-13H,2-3,8-9,14H2,1H3/q+1/p+1. The van der Waals surface area contributed by atoms with Gasteiger partial charge in [0.1, 0.15) is 13.1 Å². The second kappa shape index (κ2) is 7.47. The minimum atomic E-state index is -3.87. The Labute approximate surface area is 131 Å². The first-order valence-corrected chi connectivity index (χ1v) is 9.02. The van der Waals surface area contributed by atoms with Crippen LogP contribution in [0.4, 0.5) is 0 Å². The average molecular weight is 322 g/mol. The summed E-state index contributed by atoms with van der Waals surface area (Å²) < 4.78 is 34.1. The molecule has 0 fully saturated rings. The molecular weight excluding hydrogens is 300 g/mol. The highest BCUT2D eigenvalue weighted by Gasteiger charge is 2.08. The zero-order valence-electron chi connectivity index (χ0n) is 12.7. The van der Waals surface area contributed by atoms with Crippen LogP contribution in [0.3, 0.4) is 0 Å². The van der Waals surface area contributed by atoms with Gasteiger partial charge in [0.2, 0.25) is 0 Å². The Hall–Kier alpha value is -1.79. The molecule has 0 aliphatic heterocycles. The molecule has 2 aromatic heterocycles. The number of aromatic nitrogens is 2. The van der Waals surface area contributed by atoms with Gasteiger partial charge in [0.05, 0.1) is 5.75 Å². The van der Waals surface area contributed by atoms with Gasteiger partial charge in [0.25, 0.3) is 10.1 Å². The van der Waals surface area contributed by atoms with Crippen LogP contribution < -0.4 is 9.13 Å². The molecule has 118 valence electrons. The topological polar surface area (TPSA) is 62.1 Å². The maximum absolute atomic E-state index is 10.7. The van der Waals surface area contributed by atoms with Gasteiger partial charge >= 0.3 is 0 Å². The highest BCUT2D eigenvalue weighted by Crippen LogP contribution is 2.15. The van der Waals surface area contributed by atoms with Crippen LogP contribution in [0.5, 0.6) is 0 Å². The smallest absolute Gasteiger partial charge is 0.265 e. The Bertz CT molecular complexity index is 695. The van der Waals surface area contributed by atoms with E-state index in [1.165, 1.54) is 0 Å². The maximum atomic E-state index is 10.7. The van der Waals surface area contributed by atoms with E-state index in [-0.39, 0.29) is 5.75 Å². The second-order valence-electron chi connectivity index (χ2n) is 5.29. The van der Waals surface area contributed by atoms with E-state index in [1.54, 1.807) is 0 Å². The molecule has 0 bridgehead atoms. The van der Waals surface area contributed by atoms with E-state index in [0.717, 1.165) is 24.1 Å². The number of aryl methyl sites for hydroxylation is 2. The van der Waals surface area contributed by atoms with E-state index in [4.69, 9.17) is 4.55 Å². The fourth-order valence-electron chi connectivity index (χ4n) is 2.29. The molecule has 0 spiro atoms. The van der Waals surface area contributed by atoms with Gasteiger partial charge in [-0.05, 0) is 11.1 Å². The van der Waals surface area contributed by atoms with Crippen molar-refractivity contribution in [1.29, 1.82) is 0 Å². The lowest BCUT2D eigenvalue weighted by Gasteiger charge is -2.01. The van der Waals surface area contributed by atoms with Gasteiger partial charge in [0, 0.05) is 37.1 Å². The van der Waals surface area contributed by atoms with Gasteiger partial charge in [0.15, 0.2) is 24.8 Å². The van der Waals surface area contributed by atoms with Crippen LogP contribution in [0.25, 0.3) is 11.1 Å².